The molecule has 1 aromatic rings. The van der Waals surface area contributed by atoms with Crippen molar-refractivity contribution in [2.45, 2.75) is 0 Å². The molecule has 0 aliphatic carbocycles. The third-order valence-electron chi connectivity index (χ3n) is 1.91. The Hall–Kier alpha value is -0.610. The van der Waals surface area contributed by atoms with Crippen molar-refractivity contribution in [2.75, 3.05) is 20.0 Å². The van der Waals surface area contributed by atoms with Crippen molar-refractivity contribution >= 4 is 34.6 Å². The number of hydrogen-bond donors (Lipinski definition) is 1. The molecule has 0 aliphatic rings. The first-order chi connectivity index (χ1) is 7.22. The molecule has 0 aliphatic heterocycles. The van der Waals surface area contributed by atoms with E-state index in [-0.39, 0.29) is 0 Å². The van der Waals surface area contributed by atoms with Crippen molar-refractivity contribution in [2.24, 2.45) is 0 Å². The van der Waals surface area contributed by atoms with Crippen molar-refractivity contribution < 1.29 is 9.47 Å². The highest BCUT2D eigenvalue weighted by Gasteiger charge is 2.06. The highest BCUT2D eigenvalue weighted by Crippen LogP contribution is 2.33. The Bertz CT molecular complexity index is 364. The Labute approximate surface area is 104 Å². The first-order valence-electron chi connectivity index (χ1n) is 4.41. The summed E-state index contributed by atoms with van der Waals surface area (Å²) in [5, 5.41) is 0. The number of methoxy groups -OCH3 is 2. The zero-order chi connectivity index (χ0) is 11.3. The summed E-state index contributed by atoms with van der Waals surface area (Å²) in [6, 6.07) is 3.81. The Balaban J connectivity index is 3.16. The summed E-state index contributed by atoms with van der Waals surface area (Å²) in [6.45, 7) is 0. The van der Waals surface area contributed by atoms with Crippen LogP contribution in [0.4, 0.5) is 0 Å². The lowest BCUT2D eigenvalue weighted by atomic mass is 10.2. The van der Waals surface area contributed by atoms with Crippen LogP contribution in [0, 0.1) is 0 Å². The zero-order valence-corrected chi connectivity index (χ0v) is 11.1. The normalized spacial score (nSPS) is 10.7. The van der Waals surface area contributed by atoms with Gasteiger partial charge >= 0.3 is 0 Å². The second-order valence-electron chi connectivity index (χ2n) is 2.81. The van der Waals surface area contributed by atoms with E-state index in [1.54, 1.807) is 14.2 Å². The number of benzene rings is 1. The largest absolute Gasteiger partial charge is 0.496 e. The molecule has 0 fully saturated rings. The van der Waals surface area contributed by atoms with Gasteiger partial charge in [-0.05, 0) is 28.1 Å². The maximum atomic E-state index is 5.26. The van der Waals surface area contributed by atoms with Crippen LogP contribution in [0.2, 0.25) is 0 Å². The van der Waals surface area contributed by atoms with Gasteiger partial charge in [0.05, 0.1) is 18.7 Å². The summed E-state index contributed by atoms with van der Waals surface area (Å²) >= 11 is 7.52. The molecule has 0 bridgehead atoms. The van der Waals surface area contributed by atoms with Crippen molar-refractivity contribution in [3.63, 3.8) is 0 Å². The van der Waals surface area contributed by atoms with Gasteiger partial charge < -0.3 is 9.47 Å². The molecule has 0 amide bonds. The minimum Gasteiger partial charge on any atom is -0.496 e. The lowest BCUT2D eigenvalue weighted by Gasteiger charge is -2.09. The first kappa shape index (κ1) is 12.5. The summed E-state index contributed by atoms with van der Waals surface area (Å²) in [7, 11) is 3.28. The summed E-state index contributed by atoms with van der Waals surface area (Å²) in [6.07, 6.45) is 3.91. The van der Waals surface area contributed by atoms with E-state index in [0.717, 1.165) is 21.5 Å². The Kier molecular flexibility index (Phi) is 5.05. The molecular weight excluding hydrogens is 276 g/mol. The third-order valence-corrected chi connectivity index (χ3v) is 2.74. The van der Waals surface area contributed by atoms with Gasteiger partial charge in [-0.3, -0.25) is 0 Å². The van der Waals surface area contributed by atoms with Crippen LogP contribution in [0.15, 0.2) is 22.7 Å². The van der Waals surface area contributed by atoms with Crippen LogP contribution in [0.5, 0.6) is 11.5 Å². The van der Waals surface area contributed by atoms with E-state index >= 15 is 0 Å². The quantitative estimate of drug-likeness (QED) is 0.856. The Morgan fingerprint density at radius 1 is 1.27 bits per heavy atom. The Morgan fingerprint density at radius 2 is 1.93 bits per heavy atom. The van der Waals surface area contributed by atoms with Crippen LogP contribution in [-0.4, -0.2) is 20.0 Å². The van der Waals surface area contributed by atoms with Crippen molar-refractivity contribution in [3.8, 4) is 11.5 Å². The van der Waals surface area contributed by atoms with Gasteiger partial charge in [0.2, 0.25) is 0 Å². The monoisotopic (exact) mass is 288 g/mol. The van der Waals surface area contributed by atoms with Crippen LogP contribution in [-0.2, 0) is 0 Å². The predicted octanol–water partition coefficient (Wildman–Crippen LogP) is 3.41. The molecule has 82 valence electrons. The topological polar surface area (TPSA) is 18.5 Å². The number of rotatable bonds is 4. The second kappa shape index (κ2) is 6.08. The second-order valence-corrected chi connectivity index (χ2v) is 4.03. The van der Waals surface area contributed by atoms with E-state index < -0.39 is 0 Å². The zero-order valence-electron chi connectivity index (χ0n) is 8.66. The Morgan fingerprint density at radius 3 is 2.47 bits per heavy atom. The van der Waals surface area contributed by atoms with Gasteiger partial charge in [-0.1, -0.05) is 12.2 Å². The number of ether oxygens (including phenoxy) is 2. The molecule has 0 N–H and O–H groups in total. The minimum absolute atomic E-state index is 0.696. The highest BCUT2D eigenvalue weighted by atomic mass is 79.9. The standard InChI is InChI=1S/C11H13BrO2S/c1-13-10-7-9(12)11(14-2)6-8(10)4-3-5-15/h3-4,6-7,15H,5H2,1-2H3. The first-order valence-corrected chi connectivity index (χ1v) is 5.84. The van der Waals surface area contributed by atoms with E-state index in [1.165, 1.54) is 0 Å². The average molecular weight is 289 g/mol. The van der Waals surface area contributed by atoms with Gasteiger partial charge in [-0.2, -0.15) is 12.6 Å². The lowest BCUT2D eigenvalue weighted by Crippen LogP contribution is -1.91. The van der Waals surface area contributed by atoms with E-state index in [0.29, 0.717) is 5.75 Å². The van der Waals surface area contributed by atoms with E-state index in [4.69, 9.17) is 9.47 Å². The molecule has 0 saturated carbocycles. The van der Waals surface area contributed by atoms with Gasteiger partial charge in [-0.15, -0.1) is 0 Å². The molecular formula is C11H13BrO2S. The number of halogens is 1. The maximum absolute atomic E-state index is 5.26. The fourth-order valence-corrected chi connectivity index (χ4v) is 1.78. The van der Waals surface area contributed by atoms with Crippen LogP contribution in [0.25, 0.3) is 6.08 Å². The molecule has 4 heteroatoms. The molecule has 2 nitrogen and oxygen atoms in total. The van der Waals surface area contributed by atoms with Gasteiger partial charge in [0.15, 0.2) is 0 Å². The van der Waals surface area contributed by atoms with Crippen molar-refractivity contribution in [1.29, 1.82) is 0 Å². The molecule has 1 aromatic carbocycles. The fraction of sp³-hybridized carbons (Fsp3) is 0.273. The van der Waals surface area contributed by atoms with Gasteiger partial charge in [0.25, 0.3) is 0 Å². The van der Waals surface area contributed by atoms with E-state index in [1.807, 2.05) is 24.3 Å². The number of hydrogen-bond acceptors (Lipinski definition) is 3. The van der Waals surface area contributed by atoms with E-state index in [2.05, 4.69) is 28.6 Å². The predicted molar refractivity (Wildman–Crippen MR) is 70.1 cm³/mol. The maximum Gasteiger partial charge on any atom is 0.133 e. The van der Waals surface area contributed by atoms with Crippen LogP contribution < -0.4 is 9.47 Å². The van der Waals surface area contributed by atoms with E-state index in [9.17, 15) is 0 Å². The molecule has 1 rings (SSSR count). The minimum atomic E-state index is 0.696. The van der Waals surface area contributed by atoms with Gasteiger partial charge in [0, 0.05) is 11.3 Å². The average Bonchev–Trinajstić information content (AvgIpc) is 2.26. The number of thiol groups is 1. The SMILES string of the molecule is COc1cc(C=CCS)c(OC)cc1Br. The van der Waals surface area contributed by atoms with Crippen LogP contribution in [0.1, 0.15) is 5.56 Å². The third kappa shape index (κ3) is 3.18. The molecule has 15 heavy (non-hydrogen) atoms. The highest BCUT2D eigenvalue weighted by molar-refractivity contribution is 9.10. The molecule has 0 spiro atoms. The van der Waals surface area contributed by atoms with Crippen molar-refractivity contribution in [3.05, 3.63) is 28.2 Å². The molecule has 0 atom stereocenters. The molecule has 0 heterocycles. The fourth-order valence-electron chi connectivity index (χ4n) is 1.19. The smallest absolute Gasteiger partial charge is 0.133 e. The van der Waals surface area contributed by atoms with Gasteiger partial charge in [0.1, 0.15) is 11.5 Å². The van der Waals surface area contributed by atoms with Crippen LogP contribution >= 0.6 is 28.6 Å². The molecule has 0 aromatic heterocycles. The summed E-state index contributed by atoms with van der Waals surface area (Å²) in [4.78, 5) is 0. The lowest BCUT2D eigenvalue weighted by molar-refractivity contribution is 0.400. The summed E-state index contributed by atoms with van der Waals surface area (Å²) < 4.78 is 11.4. The molecule has 0 saturated heterocycles. The molecule has 0 radical (unpaired) electrons. The summed E-state index contributed by atoms with van der Waals surface area (Å²) in [5.74, 6) is 2.29. The van der Waals surface area contributed by atoms with Gasteiger partial charge in [-0.25, -0.2) is 0 Å². The van der Waals surface area contributed by atoms with Crippen molar-refractivity contribution in [1.82, 2.24) is 0 Å². The van der Waals surface area contributed by atoms with Crippen LogP contribution in [0.3, 0.4) is 0 Å². The summed E-state index contributed by atoms with van der Waals surface area (Å²) in [5.41, 5.74) is 0.978. The molecule has 0 unspecified atom stereocenters.